The van der Waals surface area contributed by atoms with Gasteiger partial charge in [0.25, 0.3) is 0 Å². The Kier molecular flexibility index (Phi) is 3.67. The molecule has 2 fully saturated rings. The highest BCUT2D eigenvalue weighted by Crippen LogP contribution is 2.22. The van der Waals surface area contributed by atoms with Gasteiger partial charge in [0.15, 0.2) is 0 Å². The van der Waals surface area contributed by atoms with Crippen LogP contribution in [0, 0.1) is 6.92 Å². The van der Waals surface area contributed by atoms with Crippen LogP contribution in [0.2, 0.25) is 0 Å². The smallest absolute Gasteiger partial charge is 0.0209 e. The lowest BCUT2D eigenvalue weighted by Crippen LogP contribution is -2.34. The van der Waals surface area contributed by atoms with E-state index in [1.165, 1.54) is 56.4 Å². The summed E-state index contributed by atoms with van der Waals surface area (Å²) in [6.45, 7) is 5.92. The van der Waals surface area contributed by atoms with E-state index in [1.807, 2.05) is 0 Å². The molecule has 0 amide bonds. The van der Waals surface area contributed by atoms with Gasteiger partial charge in [-0.15, -0.1) is 0 Å². The van der Waals surface area contributed by atoms with Crippen molar-refractivity contribution in [3.8, 4) is 0 Å². The fraction of sp³-hybridized carbons (Fsp3) is 0.625. The summed E-state index contributed by atoms with van der Waals surface area (Å²) < 4.78 is 0. The molecule has 1 saturated heterocycles. The molecule has 1 aromatic rings. The van der Waals surface area contributed by atoms with E-state index in [4.69, 9.17) is 0 Å². The molecule has 0 radical (unpaired) electrons. The van der Waals surface area contributed by atoms with Gasteiger partial charge >= 0.3 is 0 Å². The molecular weight excluding hydrogens is 220 g/mol. The van der Waals surface area contributed by atoms with Crippen molar-refractivity contribution in [3.05, 3.63) is 35.4 Å². The first-order valence-corrected chi connectivity index (χ1v) is 7.33. The van der Waals surface area contributed by atoms with Crippen LogP contribution in [0.5, 0.6) is 0 Å². The van der Waals surface area contributed by atoms with E-state index in [0.717, 1.165) is 12.1 Å². The molecule has 2 heteroatoms. The molecule has 1 N–H and O–H groups in total. The highest BCUT2D eigenvalue weighted by atomic mass is 15.2. The average molecular weight is 244 g/mol. The second-order valence-electron chi connectivity index (χ2n) is 5.97. The van der Waals surface area contributed by atoms with Crippen molar-refractivity contribution in [1.82, 2.24) is 10.2 Å². The normalized spacial score (nSPS) is 24.6. The summed E-state index contributed by atoms with van der Waals surface area (Å²) in [6, 6.07) is 10.5. The zero-order chi connectivity index (χ0) is 12.4. The SMILES string of the molecule is Cc1cccc(CCN2CCC(NC3CC3)C2)c1. The van der Waals surface area contributed by atoms with Crippen LogP contribution in [0.15, 0.2) is 24.3 Å². The fourth-order valence-corrected chi connectivity index (χ4v) is 2.91. The van der Waals surface area contributed by atoms with Crippen molar-refractivity contribution in [2.75, 3.05) is 19.6 Å². The first-order valence-electron chi connectivity index (χ1n) is 7.33. The van der Waals surface area contributed by atoms with E-state index in [2.05, 4.69) is 41.4 Å². The number of aryl methyl sites for hydroxylation is 1. The third kappa shape index (κ3) is 3.33. The summed E-state index contributed by atoms with van der Waals surface area (Å²) >= 11 is 0. The Hall–Kier alpha value is -0.860. The standard InChI is InChI=1S/C16H24N2/c1-13-3-2-4-14(11-13)7-9-18-10-8-16(12-18)17-15-5-6-15/h2-4,11,15-17H,5-10,12H2,1H3. The molecule has 3 rings (SSSR count). The van der Waals surface area contributed by atoms with Crippen LogP contribution in [0.25, 0.3) is 0 Å². The van der Waals surface area contributed by atoms with E-state index in [-0.39, 0.29) is 0 Å². The maximum absolute atomic E-state index is 3.75. The monoisotopic (exact) mass is 244 g/mol. The molecule has 1 atom stereocenters. The summed E-state index contributed by atoms with van der Waals surface area (Å²) in [5, 5.41) is 3.75. The summed E-state index contributed by atoms with van der Waals surface area (Å²) in [6.07, 6.45) is 5.34. The van der Waals surface area contributed by atoms with Gasteiger partial charge in [0, 0.05) is 25.2 Å². The Morgan fingerprint density at radius 3 is 2.89 bits per heavy atom. The molecule has 1 aromatic carbocycles. The van der Waals surface area contributed by atoms with E-state index < -0.39 is 0 Å². The third-order valence-corrected chi connectivity index (χ3v) is 4.12. The molecule has 0 bridgehead atoms. The average Bonchev–Trinajstić information content (AvgIpc) is 3.05. The van der Waals surface area contributed by atoms with Crippen molar-refractivity contribution >= 4 is 0 Å². The Balaban J connectivity index is 1.43. The zero-order valence-corrected chi connectivity index (χ0v) is 11.4. The van der Waals surface area contributed by atoms with Crippen LogP contribution in [0.3, 0.4) is 0 Å². The number of nitrogens with zero attached hydrogens (tertiary/aromatic N) is 1. The van der Waals surface area contributed by atoms with Gasteiger partial charge in [-0.05, 0) is 44.7 Å². The molecule has 0 spiro atoms. The Morgan fingerprint density at radius 2 is 2.11 bits per heavy atom. The molecule has 1 saturated carbocycles. The number of hydrogen-bond donors (Lipinski definition) is 1. The molecule has 1 unspecified atom stereocenters. The van der Waals surface area contributed by atoms with Crippen molar-refractivity contribution in [3.63, 3.8) is 0 Å². The van der Waals surface area contributed by atoms with E-state index in [9.17, 15) is 0 Å². The first-order chi connectivity index (χ1) is 8.79. The molecular formula is C16H24N2. The Bertz CT molecular complexity index is 398. The fourth-order valence-electron chi connectivity index (χ4n) is 2.91. The van der Waals surface area contributed by atoms with Gasteiger partial charge in [0.2, 0.25) is 0 Å². The number of nitrogens with one attached hydrogen (secondary N) is 1. The van der Waals surface area contributed by atoms with Crippen LogP contribution in [-0.2, 0) is 6.42 Å². The van der Waals surface area contributed by atoms with Crippen molar-refractivity contribution in [2.45, 2.75) is 44.7 Å². The van der Waals surface area contributed by atoms with Crippen molar-refractivity contribution in [1.29, 1.82) is 0 Å². The predicted octanol–water partition coefficient (Wildman–Crippen LogP) is 2.36. The van der Waals surface area contributed by atoms with Gasteiger partial charge in [-0.25, -0.2) is 0 Å². The quantitative estimate of drug-likeness (QED) is 0.855. The molecule has 1 aliphatic heterocycles. The van der Waals surface area contributed by atoms with Crippen LogP contribution >= 0.6 is 0 Å². The second-order valence-corrected chi connectivity index (χ2v) is 5.97. The maximum Gasteiger partial charge on any atom is 0.0209 e. The van der Waals surface area contributed by atoms with Gasteiger partial charge in [0.05, 0.1) is 0 Å². The zero-order valence-electron chi connectivity index (χ0n) is 11.4. The number of likely N-dealkylation sites (tertiary alicyclic amines) is 1. The Morgan fingerprint density at radius 1 is 1.22 bits per heavy atom. The molecule has 0 aromatic heterocycles. The van der Waals surface area contributed by atoms with Crippen LogP contribution in [-0.4, -0.2) is 36.6 Å². The van der Waals surface area contributed by atoms with Crippen molar-refractivity contribution < 1.29 is 0 Å². The van der Waals surface area contributed by atoms with Gasteiger partial charge in [-0.3, -0.25) is 0 Å². The van der Waals surface area contributed by atoms with E-state index in [1.54, 1.807) is 0 Å². The molecule has 2 nitrogen and oxygen atoms in total. The minimum atomic E-state index is 0.759. The summed E-state index contributed by atoms with van der Waals surface area (Å²) in [4.78, 5) is 2.61. The number of hydrogen-bond acceptors (Lipinski definition) is 2. The molecule has 1 heterocycles. The van der Waals surface area contributed by atoms with E-state index in [0.29, 0.717) is 0 Å². The van der Waals surface area contributed by atoms with Gasteiger partial charge < -0.3 is 10.2 Å². The number of rotatable bonds is 5. The lowest BCUT2D eigenvalue weighted by Gasteiger charge is -2.16. The first kappa shape index (κ1) is 12.2. The topological polar surface area (TPSA) is 15.3 Å². The third-order valence-electron chi connectivity index (χ3n) is 4.12. The van der Waals surface area contributed by atoms with E-state index >= 15 is 0 Å². The molecule has 1 aliphatic carbocycles. The van der Waals surface area contributed by atoms with Gasteiger partial charge in [0.1, 0.15) is 0 Å². The highest BCUT2D eigenvalue weighted by molar-refractivity contribution is 5.22. The van der Waals surface area contributed by atoms with Gasteiger partial charge in [-0.1, -0.05) is 29.8 Å². The largest absolute Gasteiger partial charge is 0.310 e. The minimum Gasteiger partial charge on any atom is -0.310 e. The van der Waals surface area contributed by atoms with Crippen LogP contribution < -0.4 is 5.32 Å². The van der Waals surface area contributed by atoms with Crippen LogP contribution in [0.4, 0.5) is 0 Å². The van der Waals surface area contributed by atoms with Gasteiger partial charge in [-0.2, -0.15) is 0 Å². The predicted molar refractivity (Wildman–Crippen MR) is 75.9 cm³/mol. The maximum atomic E-state index is 3.75. The minimum absolute atomic E-state index is 0.759. The molecule has 2 aliphatic rings. The Labute approximate surface area is 110 Å². The van der Waals surface area contributed by atoms with Crippen molar-refractivity contribution in [2.24, 2.45) is 0 Å². The summed E-state index contributed by atoms with van der Waals surface area (Å²) in [5.41, 5.74) is 2.86. The van der Waals surface area contributed by atoms with Crippen LogP contribution in [0.1, 0.15) is 30.4 Å². The molecule has 18 heavy (non-hydrogen) atoms. The highest BCUT2D eigenvalue weighted by Gasteiger charge is 2.28. The lowest BCUT2D eigenvalue weighted by atomic mass is 10.1. The lowest BCUT2D eigenvalue weighted by molar-refractivity contribution is 0.331. The summed E-state index contributed by atoms with van der Waals surface area (Å²) in [7, 11) is 0. The summed E-state index contributed by atoms with van der Waals surface area (Å²) in [5.74, 6) is 0. The second kappa shape index (κ2) is 5.41. The molecule has 98 valence electrons. The number of benzene rings is 1.